The maximum absolute atomic E-state index is 11.3. The summed E-state index contributed by atoms with van der Waals surface area (Å²) in [6, 6.07) is -1.03. The molecule has 1 amide bonds. The second-order valence-electron chi connectivity index (χ2n) is 4.69. The Morgan fingerprint density at radius 3 is 1.94 bits per heavy atom. The monoisotopic (exact) mass is 239 g/mol. The molecule has 0 aromatic carbocycles. The largest absolute Gasteiger partial charge is 1.00 e. The fourth-order valence-electron chi connectivity index (χ4n) is 0.932. The van der Waals surface area contributed by atoms with Crippen LogP contribution in [0.3, 0.4) is 0 Å². The third kappa shape index (κ3) is 7.96. The zero-order valence-corrected chi connectivity index (χ0v) is 12.8. The van der Waals surface area contributed by atoms with Crippen LogP contribution in [0.2, 0.25) is 0 Å². The van der Waals surface area contributed by atoms with E-state index in [-0.39, 0.29) is 35.5 Å². The van der Waals surface area contributed by atoms with E-state index < -0.39 is 23.7 Å². The summed E-state index contributed by atoms with van der Waals surface area (Å²) in [5.41, 5.74) is -0.641. The minimum atomic E-state index is -1.31. The average Bonchev–Trinajstić information content (AvgIpc) is 1.95. The number of hydrogen-bond acceptors (Lipinski definition) is 4. The number of nitrogens with one attached hydrogen (secondary N) is 1. The molecule has 0 aliphatic rings. The van der Waals surface area contributed by atoms with Crippen LogP contribution < -0.4 is 40.0 Å². The zero-order chi connectivity index (χ0) is 12.2. The van der Waals surface area contributed by atoms with Gasteiger partial charge < -0.3 is 20.0 Å². The van der Waals surface area contributed by atoms with Crippen molar-refractivity contribution >= 4 is 12.1 Å². The Hall–Kier alpha value is -0.260. The molecule has 1 N–H and O–H groups in total. The number of hydrogen-bond donors (Lipinski definition) is 1. The van der Waals surface area contributed by atoms with Gasteiger partial charge in [0.05, 0.1) is 12.0 Å². The summed E-state index contributed by atoms with van der Waals surface area (Å²) >= 11 is 0. The number of amides is 1. The second kappa shape index (κ2) is 7.14. The van der Waals surface area contributed by atoms with Crippen molar-refractivity contribution in [3.63, 3.8) is 0 Å². The number of carboxylic acids is 1. The van der Waals surface area contributed by atoms with Crippen molar-refractivity contribution in [2.75, 3.05) is 0 Å². The van der Waals surface area contributed by atoms with Crippen LogP contribution in [0.4, 0.5) is 4.79 Å². The predicted octanol–water partition coefficient (Wildman–Crippen LogP) is -2.71. The van der Waals surface area contributed by atoms with Gasteiger partial charge in [0, 0.05) is 0 Å². The van der Waals surface area contributed by atoms with Gasteiger partial charge in [-0.1, -0.05) is 13.8 Å². The van der Waals surface area contributed by atoms with Crippen LogP contribution in [-0.4, -0.2) is 23.7 Å². The first-order valence-electron chi connectivity index (χ1n) is 4.84. The number of carbonyl (C=O) groups excluding carboxylic acids is 2. The van der Waals surface area contributed by atoms with E-state index in [4.69, 9.17) is 4.74 Å². The van der Waals surface area contributed by atoms with E-state index in [2.05, 4.69) is 5.32 Å². The molecular weight excluding hydrogens is 221 g/mol. The van der Waals surface area contributed by atoms with E-state index in [0.29, 0.717) is 0 Å². The quantitative estimate of drug-likeness (QED) is 0.543. The first kappa shape index (κ1) is 18.1. The van der Waals surface area contributed by atoms with Gasteiger partial charge >= 0.3 is 35.7 Å². The molecular formula is C10H18NNaO4. The first-order chi connectivity index (χ1) is 6.63. The zero-order valence-electron chi connectivity index (χ0n) is 10.8. The smallest absolute Gasteiger partial charge is 0.548 e. The van der Waals surface area contributed by atoms with Crippen molar-refractivity contribution in [2.45, 2.75) is 46.3 Å². The summed E-state index contributed by atoms with van der Waals surface area (Å²) in [7, 11) is 0. The van der Waals surface area contributed by atoms with E-state index in [0.717, 1.165) is 0 Å². The molecule has 0 aromatic heterocycles. The molecule has 0 rings (SSSR count). The summed E-state index contributed by atoms with van der Waals surface area (Å²) in [4.78, 5) is 21.9. The average molecular weight is 239 g/mol. The Balaban J connectivity index is 0. The molecule has 88 valence electrons. The van der Waals surface area contributed by atoms with Crippen molar-refractivity contribution < 1.29 is 49.0 Å². The molecule has 0 aliphatic heterocycles. The number of ether oxygens (including phenoxy) is 1. The molecule has 6 heteroatoms. The van der Waals surface area contributed by atoms with Gasteiger partial charge in [-0.05, 0) is 26.7 Å². The minimum Gasteiger partial charge on any atom is -0.548 e. The third-order valence-electron chi connectivity index (χ3n) is 1.59. The number of alkyl carbamates (subject to hydrolysis) is 1. The maximum Gasteiger partial charge on any atom is 1.00 e. The Kier molecular flexibility index (Phi) is 8.09. The SMILES string of the molecule is CC(C)[C@H](NC(=O)OC(C)(C)C)C(=O)[O-].[Na+]. The first-order valence-corrected chi connectivity index (χ1v) is 4.84. The van der Waals surface area contributed by atoms with Crippen molar-refractivity contribution in [2.24, 2.45) is 5.92 Å². The summed E-state index contributed by atoms with van der Waals surface area (Å²) in [6.07, 6.45) is -0.745. The van der Waals surface area contributed by atoms with E-state index >= 15 is 0 Å². The van der Waals surface area contributed by atoms with Gasteiger partial charge in [-0.15, -0.1) is 0 Å². The minimum absolute atomic E-state index is 0. The molecule has 0 aromatic rings. The van der Waals surface area contributed by atoms with Gasteiger partial charge in [0.1, 0.15) is 5.60 Å². The van der Waals surface area contributed by atoms with Crippen molar-refractivity contribution in [1.82, 2.24) is 5.32 Å². The number of aliphatic carboxylic acids is 1. The summed E-state index contributed by atoms with van der Waals surface area (Å²) < 4.78 is 4.93. The molecule has 0 unspecified atom stereocenters. The van der Waals surface area contributed by atoms with Crippen molar-refractivity contribution in [3.05, 3.63) is 0 Å². The molecule has 0 saturated carbocycles. The van der Waals surface area contributed by atoms with E-state index in [1.165, 1.54) is 0 Å². The van der Waals surface area contributed by atoms with Crippen LogP contribution in [0.15, 0.2) is 0 Å². The van der Waals surface area contributed by atoms with Gasteiger partial charge in [-0.3, -0.25) is 0 Å². The fraction of sp³-hybridized carbons (Fsp3) is 0.800. The third-order valence-corrected chi connectivity index (χ3v) is 1.59. The molecule has 5 nitrogen and oxygen atoms in total. The predicted molar refractivity (Wildman–Crippen MR) is 53.0 cm³/mol. The number of carbonyl (C=O) groups is 2. The Morgan fingerprint density at radius 2 is 1.69 bits per heavy atom. The van der Waals surface area contributed by atoms with Gasteiger partial charge in [-0.25, -0.2) is 4.79 Å². The van der Waals surface area contributed by atoms with E-state index in [1.54, 1.807) is 34.6 Å². The van der Waals surface area contributed by atoms with Gasteiger partial charge in [-0.2, -0.15) is 0 Å². The number of rotatable bonds is 3. The number of carboxylic acid groups (broad SMARTS) is 1. The van der Waals surface area contributed by atoms with Crippen LogP contribution in [0, 0.1) is 5.92 Å². The molecule has 0 aliphatic carbocycles. The molecule has 0 heterocycles. The van der Waals surface area contributed by atoms with Crippen LogP contribution in [0.1, 0.15) is 34.6 Å². The molecule has 0 saturated heterocycles. The van der Waals surface area contributed by atoms with Crippen LogP contribution in [0.5, 0.6) is 0 Å². The molecule has 16 heavy (non-hydrogen) atoms. The maximum atomic E-state index is 11.3. The standard InChI is InChI=1S/C10H19NO4.Na/c1-6(2)7(8(12)13)11-9(14)15-10(3,4)5;/h6-7H,1-5H3,(H,11,14)(H,12,13);/q;+1/p-1/t7-;/m0./s1. The van der Waals surface area contributed by atoms with E-state index in [1.807, 2.05) is 0 Å². The van der Waals surface area contributed by atoms with Gasteiger partial charge in [0.25, 0.3) is 0 Å². The Bertz CT molecular complexity index is 248. The molecule has 1 atom stereocenters. The van der Waals surface area contributed by atoms with Gasteiger partial charge in [0.2, 0.25) is 0 Å². The fourth-order valence-corrected chi connectivity index (χ4v) is 0.932. The molecule has 0 radical (unpaired) electrons. The Morgan fingerprint density at radius 1 is 1.25 bits per heavy atom. The van der Waals surface area contributed by atoms with E-state index in [9.17, 15) is 14.7 Å². The second-order valence-corrected chi connectivity index (χ2v) is 4.69. The molecule has 0 bridgehead atoms. The summed E-state index contributed by atoms with van der Waals surface area (Å²) in [5, 5.41) is 12.9. The van der Waals surface area contributed by atoms with Crippen molar-refractivity contribution in [1.29, 1.82) is 0 Å². The molecule has 0 fully saturated rings. The topological polar surface area (TPSA) is 78.5 Å². The normalized spacial score (nSPS) is 12.6. The van der Waals surface area contributed by atoms with Crippen LogP contribution in [-0.2, 0) is 9.53 Å². The van der Waals surface area contributed by atoms with Crippen molar-refractivity contribution in [3.8, 4) is 0 Å². The summed E-state index contributed by atoms with van der Waals surface area (Å²) in [6.45, 7) is 8.47. The van der Waals surface area contributed by atoms with Crippen LogP contribution in [0.25, 0.3) is 0 Å². The van der Waals surface area contributed by atoms with Crippen LogP contribution >= 0.6 is 0 Å². The summed E-state index contributed by atoms with van der Waals surface area (Å²) in [5.74, 6) is -1.56. The van der Waals surface area contributed by atoms with Gasteiger partial charge in [0.15, 0.2) is 0 Å². The molecule has 0 spiro atoms. The Labute approximate surface area is 118 Å².